The maximum atomic E-state index is 13.2. The van der Waals surface area contributed by atoms with Crippen LogP contribution < -0.4 is 10.1 Å². The summed E-state index contributed by atoms with van der Waals surface area (Å²) in [5, 5.41) is 18.2. The van der Waals surface area contributed by atoms with Gasteiger partial charge in [-0.25, -0.2) is 0 Å². The van der Waals surface area contributed by atoms with Gasteiger partial charge in [0.1, 0.15) is 5.75 Å². The van der Waals surface area contributed by atoms with Crippen LogP contribution in [0.4, 0.5) is 0 Å². The van der Waals surface area contributed by atoms with Crippen LogP contribution in [0.1, 0.15) is 35.9 Å². The van der Waals surface area contributed by atoms with E-state index in [4.69, 9.17) is 33.0 Å². The highest BCUT2D eigenvalue weighted by molar-refractivity contribution is 6.32. The Labute approximate surface area is 196 Å². The molecule has 0 radical (unpaired) electrons. The van der Waals surface area contributed by atoms with E-state index in [-0.39, 0.29) is 20.2 Å². The van der Waals surface area contributed by atoms with Gasteiger partial charge >= 0.3 is 0 Å². The molecule has 0 saturated carbocycles. The zero-order valence-corrected chi connectivity index (χ0v) is 18.8. The van der Waals surface area contributed by atoms with Crippen molar-refractivity contribution in [3.8, 4) is 5.75 Å². The normalized spacial score (nSPS) is 12.0. The SMILES string of the molecule is C[C@H](NC(=O)c1cc(Cl)cc2cnn(Cc3cccc(Cl)c3)c12)c1ccc(OCO)cc1.[HH]. The van der Waals surface area contributed by atoms with Crippen molar-refractivity contribution in [2.75, 3.05) is 6.79 Å². The van der Waals surface area contributed by atoms with Gasteiger partial charge in [0.15, 0.2) is 6.79 Å². The molecule has 0 bridgehead atoms. The van der Waals surface area contributed by atoms with E-state index in [9.17, 15) is 4.79 Å². The van der Waals surface area contributed by atoms with Gasteiger partial charge < -0.3 is 15.2 Å². The number of benzene rings is 3. The number of amides is 1. The van der Waals surface area contributed by atoms with Gasteiger partial charge in [0.05, 0.1) is 29.9 Å². The van der Waals surface area contributed by atoms with Crippen molar-refractivity contribution >= 4 is 40.0 Å². The van der Waals surface area contributed by atoms with Crippen LogP contribution in [0, 0.1) is 0 Å². The topological polar surface area (TPSA) is 76.4 Å². The molecule has 3 aromatic carbocycles. The average molecular weight is 472 g/mol. The minimum Gasteiger partial charge on any atom is -0.468 e. The molecule has 0 fully saturated rings. The fraction of sp³-hybridized carbons (Fsp3) is 0.167. The van der Waals surface area contributed by atoms with Gasteiger partial charge in [-0.15, -0.1) is 0 Å². The fourth-order valence-electron chi connectivity index (χ4n) is 3.58. The number of hydrogen-bond donors (Lipinski definition) is 2. The van der Waals surface area contributed by atoms with Gasteiger partial charge in [-0.05, 0) is 54.4 Å². The predicted molar refractivity (Wildman–Crippen MR) is 127 cm³/mol. The van der Waals surface area contributed by atoms with E-state index in [1.165, 1.54) is 0 Å². The van der Waals surface area contributed by atoms with E-state index in [0.29, 0.717) is 33.4 Å². The Kier molecular flexibility index (Phi) is 6.65. The van der Waals surface area contributed by atoms with Crippen molar-refractivity contribution in [3.05, 3.63) is 93.6 Å². The highest BCUT2D eigenvalue weighted by Gasteiger charge is 2.19. The quantitative estimate of drug-likeness (QED) is 0.351. The number of carbonyl (C=O) groups is 1. The predicted octanol–water partition coefficient (Wildman–Crippen LogP) is 5.46. The van der Waals surface area contributed by atoms with Crippen molar-refractivity contribution in [2.24, 2.45) is 0 Å². The number of nitrogens with one attached hydrogen (secondary N) is 1. The van der Waals surface area contributed by atoms with Gasteiger partial charge in [-0.3, -0.25) is 9.48 Å². The fourth-order valence-corrected chi connectivity index (χ4v) is 4.02. The molecule has 1 amide bonds. The van der Waals surface area contributed by atoms with Crippen LogP contribution in [0.3, 0.4) is 0 Å². The molecule has 0 spiro atoms. The molecule has 166 valence electrons. The first-order chi connectivity index (χ1) is 15.4. The van der Waals surface area contributed by atoms with E-state index in [1.807, 2.05) is 43.3 Å². The summed E-state index contributed by atoms with van der Waals surface area (Å²) in [6.45, 7) is 1.97. The molecule has 32 heavy (non-hydrogen) atoms. The number of hydrogen-bond acceptors (Lipinski definition) is 4. The molecule has 0 aliphatic rings. The first-order valence-electron chi connectivity index (χ1n) is 9.98. The Morgan fingerprint density at radius 3 is 2.66 bits per heavy atom. The number of rotatable bonds is 7. The lowest BCUT2D eigenvalue weighted by atomic mass is 10.1. The lowest BCUT2D eigenvalue weighted by Gasteiger charge is -2.16. The van der Waals surface area contributed by atoms with Crippen molar-refractivity contribution in [2.45, 2.75) is 19.5 Å². The van der Waals surface area contributed by atoms with Gasteiger partial charge in [-0.2, -0.15) is 5.10 Å². The Morgan fingerprint density at radius 2 is 1.94 bits per heavy atom. The van der Waals surface area contributed by atoms with Crippen LogP contribution in [0.15, 0.2) is 66.9 Å². The smallest absolute Gasteiger partial charge is 0.254 e. The molecule has 0 aliphatic heterocycles. The van der Waals surface area contributed by atoms with E-state index in [1.54, 1.807) is 35.1 Å². The molecule has 8 heteroatoms. The summed E-state index contributed by atoms with van der Waals surface area (Å²) in [6.07, 6.45) is 1.70. The summed E-state index contributed by atoms with van der Waals surface area (Å²) in [5.41, 5.74) is 3.02. The number of aromatic nitrogens is 2. The largest absolute Gasteiger partial charge is 0.468 e. The second kappa shape index (κ2) is 9.61. The molecular weight excluding hydrogens is 449 g/mol. The molecule has 2 N–H and O–H groups in total. The van der Waals surface area contributed by atoms with E-state index in [0.717, 1.165) is 16.5 Å². The minimum absolute atomic E-state index is 0. The number of fused-ring (bicyclic) bond motifs is 1. The van der Waals surface area contributed by atoms with Crippen LogP contribution in [0.2, 0.25) is 10.0 Å². The zero-order valence-electron chi connectivity index (χ0n) is 17.3. The lowest BCUT2D eigenvalue weighted by molar-refractivity contribution is 0.0941. The first kappa shape index (κ1) is 22.1. The van der Waals surface area contributed by atoms with Crippen molar-refractivity contribution in [1.29, 1.82) is 0 Å². The molecule has 0 aliphatic carbocycles. The van der Waals surface area contributed by atoms with Crippen molar-refractivity contribution in [3.63, 3.8) is 0 Å². The van der Waals surface area contributed by atoms with Gasteiger partial charge in [0.25, 0.3) is 5.91 Å². The molecule has 6 nitrogen and oxygen atoms in total. The second-order valence-electron chi connectivity index (χ2n) is 7.36. The van der Waals surface area contributed by atoms with Crippen LogP contribution in [-0.4, -0.2) is 27.6 Å². The highest BCUT2D eigenvalue weighted by Crippen LogP contribution is 2.26. The number of halogens is 2. The molecule has 4 rings (SSSR count). The van der Waals surface area contributed by atoms with Gasteiger partial charge in [0.2, 0.25) is 0 Å². The maximum Gasteiger partial charge on any atom is 0.254 e. The number of nitrogens with zero attached hydrogens (tertiary/aromatic N) is 2. The zero-order chi connectivity index (χ0) is 22.7. The second-order valence-corrected chi connectivity index (χ2v) is 8.23. The third-order valence-electron chi connectivity index (χ3n) is 5.12. The first-order valence-corrected chi connectivity index (χ1v) is 10.7. The highest BCUT2D eigenvalue weighted by atomic mass is 35.5. The Bertz CT molecular complexity index is 1260. The summed E-state index contributed by atoms with van der Waals surface area (Å²) in [7, 11) is 0. The Morgan fingerprint density at radius 1 is 1.16 bits per heavy atom. The monoisotopic (exact) mass is 471 g/mol. The summed E-state index contributed by atoms with van der Waals surface area (Å²) >= 11 is 12.4. The van der Waals surface area contributed by atoms with Crippen LogP contribution >= 0.6 is 23.2 Å². The van der Waals surface area contributed by atoms with E-state index in [2.05, 4.69) is 10.4 Å². The molecule has 0 unspecified atom stereocenters. The molecule has 1 atom stereocenters. The van der Waals surface area contributed by atoms with Crippen LogP contribution in [0.5, 0.6) is 5.75 Å². The van der Waals surface area contributed by atoms with E-state index < -0.39 is 0 Å². The molecule has 1 aromatic heterocycles. The number of ether oxygens (including phenoxy) is 1. The van der Waals surface area contributed by atoms with Crippen molar-refractivity contribution < 1.29 is 16.1 Å². The standard InChI is InChI=1S/C24H21Cl2N3O3.H2/c1-15(17-5-7-21(8-6-17)32-14-30)28-24(31)22-11-20(26)10-18-12-27-29(23(18)22)13-16-3-2-4-19(25)9-16;/h2-12,15,30H,13-14H2,1H3,(H,28,31);1H/t15-;/m0./s1. The summed E-state index contributed by atoms with van der Waals surface area (Å²) in [6, 6.07) is 17.9. The molecule has 0 saturated heterocycles. The third kappa shape index (κ3) is 4.88. The van der Waals surface area contributed by atoms with Crippen molar-refractivity contribution in [1.82, 2.24) is 15.1 Å². The summed E-state index contributed by atoms with van der Waals surface area (Å²) in [5.74, 6) is 0.296. The molecule has 1 heterocycles. The maximum absolute atomic E-state index is 13.2. The summed E-state index contributed by atoms with van der Waals surface area (Å²) in [4.78, 5) is 13.2. The Hall–Kier alpha value is -3.06. The lowest BCUT2D eigenvalue weighted by Crippen LogP contribution is -2.27. The van der Waals surface area contributed by atoms with Gasteiger partial charge in [-0.1, -0.05) is 47.5 Å². The minimum atomic E-state index is -0.390. The third-order valence-corrected chi connectivity index (χ3v) is 5.58. The number of aliphatic hydroxyl groups excluding tert-OH is 1. The molecule has 4 aromatic rings. The van der Waals surface area contributed by atoms with Crippen LogP contribution in [0.25, 0.3) is 10.9 Å². The Balaban J connectivity index is 0.00000306. The average Bonchev–Trinajstić information content (AvgIpc) is 3.16. The van der Waals surface area contributed by atoms with E-state index >= 15 is 0 Å². The van der Waals surface area contributed by atoms with Crippen LogP contribution in [-0.2, 0) is 6.54 Å². The number of carbonyl (C=O) groups excluding carboxylic acids is 1. The molecular formula is C24H23Cl2N3O3. The number of aliphatic hydroxyl groups is 1. The summed E-state index contributed by atoms with van der Waals surface area (Å²) < 4.78 is 6.82. The van der Waals surface area contributed by atoms with Gasteiger partial charge in [0, 0.05) is 16.9 Å².